The highest BCUT2D eigenvalue weighted by molar-refractivity contribution is 6.32. The molecular weight excluding hydrogens is 264 g/mol. The molecule has 1 N–H and O–H groups in total. The SMILES string of the molecule is CCNc1ncc(Cl)c(N2CC(C)OC(C)(C)C2)n1. The number of ether oxygens (including phenoxy) is 1. The van der Waals surface area contributed by atoms with Gasteiger partial charge in [-0.15, -0.1) is 0 Å². The van der Waals surface area contributed by atoms with E-state index in [0.717, 1.165) is 25.5 Å². The van der Waals surface area contributed by atoms with E-state index in [4.69, 9.17) is 16.3 Å². The van der Waals surface area contributed by atoms with Gasteiger partial charge in [-0.1, -0.05) is 11.6 Å². The highest BCUT2D eigenvalue weighted by atomic mass is 35.5. The lowest BCUT2D eigenvalue weighted by Gasteiger charge is -2.42. The standard InChI is InChI=1S/C13H21ClN4O/c1-5-15-12-16-6-10(14)11(17-12)18-7-9(2)19-13(3,4)8-18/h6,9H,5,7-8H2,1-4H3,(H,15,16,17). The second-order valence-electron chi connectivity index (χ2n) is 5.46. The van der Waals surface area contributed by atoms with Gasteiger partial charge in [-0.05, 0) is 27.7 Å². The molecule has 106 valence electrons. The van der Waals surface area contributed by atoms with Crippen molar-refractivity contribution < 1.29 is 4.74 Å². The van der Waals surface area contributed by atoms with E-state index in [1.807, 2.05) is 6.92 Å². The summed E-state index contributed by atoms with van der Waals surface area (Å²) in [6.07, 6.45) is 1.80. The van der Waals surface area contributed by atoms with Crippen molar-refractivity contribution in [1.29, 1.82) is 0 Å². The quantitative estimate of drug-likeness (QED) is 0.924. The van der Waals surface area contributed by atoms with Crippen LogP contribution in [0.3, 0.4) is 0 Å². The van der Waals surface area contributed by atoms with E-state index >= 15 is 0 Å². The number of rotatable bonds is 3. The average molecular weight is 285 g/mol. The van der Waals surface area contributed by atoms with E-state index in [1.165, 1.54) is 0 Å². The Hall–Kier alpha value is -1.07. The normalized spacial score (nSPS) is 22.4. The Labute approximate surface area is 119 Å². The fourth-order valence-corrected chi connectivity index (χ4v) is 2.65. The molecule has 1 aliphatic rings. The van der Waals surface area contributed by atoms with Crippen molar-refractivity contribution in [2.24, 2.45) is 0 Å². The maximum atomic E-state index is 6.24. The molecule has 2 rings (SSSR count). The Balaban J connectivity index is 2.27. The maximum Gasteiger partial charge on any atom is 0.224 e. The molecule has 1 aromatic heterocycles. The number of anilines is 2. The summed E-state index contributed by atoms with van der Waals surface area (Å²) in [4.78, 5) is 10.8. The van der Waals surface area contributed by atoms with Crippen LogP contribution in [0.4, 0.5) is 11.8 Å². The van der Waals surface area contributed by atoms with Crippen LogP contribution in [0.15, 0.2) is 6.20 Å². The molecule has 0 radical (unpaired) electrons. The van der Waals surface area contributed by atoms with Crippen molar-refractivity contribution in [2.45, 2.75) is 39.4 Å². The molecule has 19 heavy (non-hydrogen) atoms. The molecule has 0 saturated carbocycles. The third kappa shape index (κ3) is 3.48. The Morgan fingerprint density at radius 3 is 2.95 bits per heavy atom. The number of hydrogen-bond donors (Lipinski definition) is 1. The van der Waals surface area contributed by atoms with Crippen LogP contribution in [0.5, 0.6) is 0 Å². The van der Waals surface area contributed by atoms with Gasteiger partial charge in [0.2, 0.25) is 5.95 Å². The van der Waals surface area contributed by atoms with Crippen LogP contribution in [0, 0.1) is 0 Å². The van der Waals surface area contributed by atoms with Crippen LogP contribution >= 0.6 is 11.6 Å². The van der Waals surface area contributed by atoms with Gasteiger partial charge in [0, 0.05) is 19.6 Å². The zero-order valence-electron chi connectivity index (χ0n) is 11.9. The van der Waals surface area contributed by atoms with Crippen LogP contribution in [-0.2, 0) is 4.74 Å². The molecule has 1 aromatic rings. The number of nitrogens with one attached hydrogen (secondary N) is 1. The van der Waals surface area contributed by atoms with Crippen LogP contribution in [0.2, 0.25) is 5.02 Å². The largest absolute Gasteiger partial charge is 0.369 e. The number of nitrogens with zero attached hydrogens (tertiary/aromatic N) is 3. The molecule has 5 nitrogen and oxygen atoms in total. The minimum atomic E-state index is -0.204. The molecule has 6 heteroatoms. The van der Waals surface area contributed by atoms with E-state index in [0.29, 0.717) is 11.0 Å². The van der Waals surface area contributed by atoms with Crippen molar-refractivity contribution in [3.05, 3.63) is 11.2 Å². The van der Waals surface area contributed by atoms with E-state index < -0.39 is 0 Å². The summed E-state index contributed by atoms with van der Waals surface area (Å²) >= 11 is 6.24. The Kier molecular flexibility index (Phi) is 4.16. The molecule has 1 aliphatic heterocycles. The molecule has 0 aliphatic carbocycles. The molecule has 0 bridgehead atoms. The molecule has 0 amide bonds. The number of aromatic nitrogens is 2. The summed E-state index contributed by atoms with van der Waals surface area (Å²) in [6.45, 7) is 10.6. The lowest BCUT2D eigenvalue weighted by atomic mass is 10.1. The van der Waals surface area contributed by atoms with Gasteiger partial charge in [-0.3, -0.25) is 0 Å². The van der Waals surface area contributed by atoms with Gasteiger partial charge >= 0.3 is 0 Å². The van der Waals surface area contributed by atoms with Gasteiger partial charge in [-0.25, -0.2) is 4.98 Å². The van der Waals surface area contributed by atoms with Crippen molar-refractivity contribution in [3.63, 3.8) is 0 Å². The van der Waals surface area contributed by atoms with Crippen molar-refractivity contribution in [1.82, 2.24) is 9.97 Å². The Morgan fingerprint density at radius 2 is 2.32 bits per heavy atom. The smallest absolute Gasteiger partial charge is 0.224 e. The first-order chi connectivity index (χ1) is 8.91. The molecule has 1 unspecified atom stereocenters. The van der Waals surface area contributed by atoms with Crippen molar-refractivity contribution >= 4 is 23.4 Å². The second-order valence-corrected chi connectivity index (χ2v) is 5.87. The minimum absolute atomic E-state index is 0.150. The predicted molar refractivity (Wildman–Crippen MR) is 78.0 cm³/mol. The maximum absolute atomic E-state index is 6.24. The molecule has 1 saturated heterocycles. The van der Waals surface area contributed by atoms with Gasteiger partial charge in [-0.2, -0.15) is 4.98 Å². The zero-order chi connectivity index (χ0) is 14.0. The van der Waals surface area contributed by atoms with Crippen LogP contribution < -0.4 is 10.2 Å². The van der Waals surface area contributed by atoms with Gasteiger partial charge < -0.3 is 15.0 Å². The summed E-state index contributed by atoms with van der Waals surface area (Å²) < 4.78 is 5.90. The predicted octanol–water partition coefficient (Wildman–Crippen LogP) is 2.57. The van der Waals surface area contributed by atoms with Gasteiger partial charge in [0.1, 0.15) is 5.02 Å². The van der Waals surface area contributed by atoms with Crippen molar-refractivity contribution in [3.8, 4) is 0 Å². The molecule has 0 spiro atoms. The van der Waals surface area contributed by atoms with E-state index in [2.05, 4.69) is 41.0 Å². The molecular formula is C13H21ClN4O. The minimum Gasteiger partial charge on any atom is -0.369 e. The fourth-order valence-electron chi connectivity index (χ4n) is 2.44. The van der Waals surface area contributed by atoms with E-state index in [-0.39, 0.29) is 11.7 Å². The van der Waals surface area contributed by atoms with Crippen LogP contribution in [0.1, 0.15) is 27.7 Å². The summed E-state index contributed by atoms with van der Waals surface area (Å²) in [6, 6.07) is 0. The number of hydrogen-bond acceptors (Lipinski definition) is 5. The fraction of sp³-hybridized carbons (Fsp3) is 0.692. The number of halogens is 1. The topological polar surface area (TPSA) is 50.3 Å². The first-order valence-electron chi connectivity index (χ1n) is 6.60. The Bertz CT molecular complexity index is 452. The van der Waals surface area contributed by atoms with Gasteiger partial charge in [0.05, 0.1) is 17.9 Å². The summed E-state index contributed by atoms with van der Waals surface area (Å²) in [5, 5.41) is 3.68. The van der Waals surface area contributed by atoms with Gasteiger partial charge in [0.25, 0.3) is 0 Å². The third-order valence-electron chi connectivity index (χ3n) is 2.93. The summed E-state index contributed by atoms with van der Waals surface area (Å²) in [5.41, 5.74) is -0.204. The first kappa shape index (κ1) is 14.3. The lowest BCUT2D eigenvalue weighted by molar-refractivity contribution is -0.0751. The monoisotopic (exact) mass is 284 g/mol. The zero-order valence-corrected chi connectivity index (χ0v) is 12.7. The summed E-state index contributed by atoms with van der Waals surface area (Å²) in [5.74, 6) is 1.38. The van der Waals surface area contributed by atoms with E-state index in [9.17, 15) is 0 Å². The highest BCUT2D eigenvalue weighted by Gasteiger charge is 2.32. The summed E-state index contributed by atoms with van der Waals surface area (Å²) in [7, 11) is 0. The van der Waals surface area contributed by atoms with Crippen LogP contribution in [0.25, 0.3) is 0 Å². The molecule has 2 heterocycles. The van der Waals surface area contributed by atoms with E-state index in [1.54, 1.807) is 6.20 Å². The van der Waals surface area contributed by atoms with Crippen LogP contribution in [-0.4, -0.2) is 41.3 Å². The third-order valence-corrected chi connectivity index (χ3v) is 3.20. The molecule has 0 aromatic carbocycles. The second kappa shape index (κ2) is 5.51. The van der Waals surface area contributed by atoms with Crippen molar-refractivity contribution in [2.75, 3.05) is 29.9 Å². The lowest BCUT2D eigenvalue weighted by Crippen LogP contribution is -2.52. The highest BCUT2D eigenvalue weighted by Crippen LogP contribution is 2.29. The van der Waals surface area contributed by atoms with Gasteiger partial charge in [0.15, 0.2) is 5.82 Å². The first-order valence-corrected chi connectivity index (χ1v) is 6.98. The Morgan fingerprint density at radius 1 is 1.58 bits per heavy atom. The molecule has 1 fully saturated rings. The molecule has 1 atom stereocenters. The average Bonchev–Trinajstić information content (AvgIpc) is 2.29. The number of morpholine rings is 1.